The lowest BCUT2D eigenvalue weighted by Crippen LogP contribution is -2.44. The van der Waals surface area contributed by atoms with Crippen molar-refractivity contribution in [2.75, 3.05) is 20.1 Å². The molecule has 1 saturated carbocycles. The Morgan fingerprint density at radius 1 is 1.06 bits per heavy atom. The Morgan fingerprint density at radius 3 is 2.24 bits per heavy atom. The van der Waals surface area contributed by atoms with E-state index in [1.165, 1.54) is 25.7 Å². The topological polar surface area (TPSA) is 32.3 Å². The molecule has 0 radical (unpaired) electrons. The molecule has 0 aromatic heterocycles. The number of nitrogens with zero attached hydrogens (tertiary/aromatic N) is 1. The van der Waals surface area contributed by atoms with E-state index in [1.807, 2.05) is 0 Å². The molecule has 0 aromatic rings. The molecule has 2 fully saturated rings. The van der Waals surface area contributed by atoms with Crippen LogP contribution in [0.15, 0.2) is 0 Å². The second kappa shape index (κ2) is 5.85. The molecule has 2 aliphatic rings. The van der Waals surface area contributed by atoms with Crippen molar-refractivity contribution in [3.8, 4) is 0 Å². The Labute approximate surface area is 105 Å². The third kappa shape index (κ3) is 3.70. The highest BCUT2D eigenvalue weighted by Crippen LogP contribution is 2.24. The van der Waals surface area contributed by atoms with Crippen molar-refractivity contribution in [1.29, 1.82) is 0 Å². The molecule has 0 spiro atoms. The molecule has 0 aromatic carbocycles. The summed E-state index contributed by atoms with van der Waals surface area (Å²) in [6.45, 7) is 4.45. The summed E-state index contributed by atoms with van der Waals surface area (Å²) in [7, 11) is 2.14. The minimum atomic E-state index is 0.269. The molecule has 2 rings (SSSR count). The van der Waals surface area contributed by atoms with Crippen molar-refractivity contribution in [3.05, 3.63) is 0 Å². The van der Waals surface area contributed by atoms with Gasteiger partial charge < -0.3 is 10.2 Å². The molecule has 3 nitrogen and oxygen atoms in total. The number of rotatable bonds is 2. The SMILES string of the molecule is CN1CCC(C(=O)N[C@H]2CC[C@H](C)CC2)CC1. The molecule has 1 saturated heterocycles. The molecule has 0 bridgehead atoms. The fraction of sp³-hybridized carbons (Fsp3) is 0.929. The lowest BCUT2D eigenvalue weighted by molar-refractivity contribution is -0.127. The number of piperidine rings is 1. The second-order valence-corrected chi connectivity index (χ2v) is 6.04. The van der Waals surface area contributed by atoms with Crippen molar-refractivity contribution in [2.45, 2.75) is 51.5 Å². The maximum Gasteiger partial charge on any atom is 0.223 e. The van der Waals surface area contributed by atoms with Gasteiger partial charge in [0.05, 0.1) is 0 Å². The predicted octanol–water partition coefficient (Wildman–Crippen LogP) is 2.02. The van der Waals surface area contributed by atoms with Gasteiger partial charge in [0.25, 0.3) is 0 Å². The van der Waals surface area contributed by atoms with Gasteiger partial charge in [0, 0.05) is 12.0 Å². The first-order chi connectivity index (χ1) is 8.15. The monoisotopic (exact) mass is 238 g/mol. The van der Waals surface area contributed by atoms with E-state index in [-0.39, 0.29) is 5.92 Å². The summed E-state index contributed by atoms with van der Waals surface area (Å²) in [4.78, 5) is 14.4. The zero-order valence-electron chi connectivity index (χ0n) is 11.2. The van der Waals surface area contributed by atoms with Crippen LogP contribution in [-0.2, 0) is 4.79 Å². The van der Waals surface area contributed by atoms with E-state index in [9.17, 15) is 4.79 Å². The van der Waals surface area contributed by atoms with Crippen molar-refractivity contribution >= 4 is 5.91 Å². The van der Waals surface area contributed by atoms with Crippen LogP contribution in [0.4, 0.5) is 0 Å². The third-order valence-corrected chi connectivity index (χ3v) is 4.45. The van der Waals surface area contributed by atoms with E-state index in [4.69, 9.17) is 0 Å². The Morgan fingerprint density at radius 2 is 1.65 bits per heavy atom. The summed E-state index contributed by atoms with van der Waals surface area (Å²) in [6, 6.07) is 0.457. The lowest BCUT2D eigenvalue weighted by Gasteiger charge is -2.31. The van der Waals surface area contributed by atoms with Crippen LogP contribution in [0.2, 0.25) is 0 Å². The van der Waals surface area contributed by atoms with E-state index in [1.54, 1.807) is 0 Å². The zero-order chi connectivity index (χ0) is 12.3. The van der Waals surface area contributed by atoms with Gasteiger partial charge in [-0.25, -0.2) is 0 Å². The highest BCUT2D eigenvalue weighted by Gasteiger charge is 2.26. The second-order valence-electron chi connectivity index (χ2n) is 6.04. The summed E-state index contributed by atoms with van der Waals surface area (Å²) in [5.41, 5.74) is 0. The van der Waals surface area contributed by atoms with Crippen LogP contribution in [0.25, 0.3) is 0 Å². The maximum absolute atomic E-state index is 12.1. The van der Waals surface area contributed by atoms with Crippen LogP contribution >= 0.6 is 0 Å². The minimum absolute atomic E-state index is 0.269. The molecule has 1 heterocycles. The average Bonchev–Trinajstić information content (AvgIpc) is 2.33. The van der Waals surface area contributed by atoms with Gasteiger partial charge in [-0.1, -0.05) is 6.92 Å². The molecule has 98 valence electrons. The molecule has 0 atom stereocenters. The maximum atomic E-state index is 12.1. The summed E-state index contributed by atoms with van der Waals surface area (Å²) in [5, 5.41) is 3.27. The average molecular weight is 238 g/mol. The Balaban J connectivity index is 1.73. The summed E-state index contributed by atoms with van der Waals surface area (Å²) < 4.78 is 0. The van der Waals surface area contributed by atoms with Gasteiger partial charge in [-0.2, -0.15) is 0 Å². The summed E-state index contributed by atoms with van der Waals surface area (Å²) in [5.74, 6) is 1.44. The number of nitrogens with one attached hydrogen (secondary N) is 1. The molecular weight excluding hydrogens is 212 g/mol. The van der Waals surface area contributed by atoms with E-state index < -0.39 is 0 Å². The Bertz CT molecular complexity index is 251. The Kier molecular flexibility index (Phi) is 4.43. The molecule has 1 N–H and O–H groups in total. The smallest absolute Gasteiger partial charge is 0.223 e. The first kappa shape index (κ1) is 12.9. The van der Waals surface area contributed by atoms with Gasteiger partial charge in [-0.3, -0.25) is 4.79 Å². The molecule has 0 unspecified atom stereocenters. The van der Waals surface area contributed by atoms with Crippen LogP contribution in [0.3, 0.4) is 0 Å². The molecule has 3 heteroatoms. The number of hydrogen-bond donors (Lipinski definition) is 1. The van der Waals surface area contributed by atoms with Gasteiger partial charge in [-0.15, -0.1) is 0 Å². The molecule has 1 amide bonds. The molecular formula is C14H26N2O. The first-order valence-corrected chi connectivity index (χ1v) is 7.14. The highest BCUT2D eigenvalue weighted by atomic mass is 16.1. The van der Waals surface area contributed by atoms with Crippen LogP contribution in [0, 0.1) is 11.8 Å². The van der Waals surface area contributed by atoms with Crippen molar-refractivity contribution in [1.82, 2.24) is 10.2 Å². The largest absolute Gasteiger partial charge is 0.353 e. The van der Waals surface area contributed by atoms with Crippen LogP contribution < -0.4 is 5.32 Å². The van der Waals surface area contributed by atoms with Gasteiger partial charge in [0.15, 0.2) is 0 Å². The van der Waals surface area contributed by atoms with Gasteiger partial charge >= 0.3 is 0 Å². The normalized spacial score (nSPS) is 32.4. The third-order valence-electron chi connectivity index (χ3n) is 4.45. The highest BCUT2D eigenvalue weighted by molar-refractivity contribution is 5.79. The van der Waals surface area contributed by atoms with Crippen LogP contribution in [0.1, 0.15) is 45.4 Å². The van der Waals surface area contributed by atoms with E-state index >= 15 is 0 Å². The fourth-order valence-corrected chi connectivity index (χ4v) is 2.99. The van der Waals surface area contributed by atoms with Gasteiger partial charge in [0.1, 0.15) is 0 Å². The van der Waals surface area contributed by atoms with Gasteiger partial charge in [-0.05, 0) is 64.6 Å². The van der Waals surface area contributed by atoms with E-state index in [0.29, 0.717) is 11.9 Å². The molecule has 17 heavy (non-hydrogen) atoms. The standard InChI is InChI=1S/C14H26N2O/c1-11-3-5-13(6-4-11)15-14(17)12-7-9-16(2)10-8-12/h11-13H,3-10H2,1-2H3,(H,15,17)/t11-,13-. The first-order valence-electron chi connectivity index (χ1n) is 7.14. The van der Waals surface area contributed by atoms with Gasteiger partial charge in [0.2, 0.25) is 5.91 Å². The molecule has 1 aliphatic heterocycles. The van der Waals surface area contributed by atoms with Crippen molar-refractivity contribution in [2.24, 2.45) is 11.8 Å². The van der Waals surface area contributed by atoms with E-state index in [2.05, 4.69) is 24.2 Å². The minimum Gasteiger partial charge on any atom is -0.353 e. The van der Waals surface area contributed by atoms with Crippen molar-refractivity contribution < 1.29 is 4.79 Å². The fourth-order valence-electron chi connectivity index (χ4n) is 2.99. The van der Waals surface area contributed by atoms with Crippen molar-refractivity contribution in [3.63, 3.8) is 0 Å². The summed E-state index contributed by atoms with van der Waals surface area (Å²) in [6.07, 6.45) is 6.98. The molecule has 1 aliphatic carbocycles. The number of carbonyl (C=O) groups excluding carboxylic acids is 1. The number of carbonyl (C=O) groups is 1. The number of hydrogen-bond acceptors (Lipinski definition) is 2. The number of amides is 1. The summed E-state index contributed by atoms with van der Waals surface area (Å²) >= 11 is 0. The number of likely N-dealkylation sites (tertiary alicyclic amines) is 1. The predicted molar refractivity (Wildman–Crippen MR) is 69.8 cm³/mol. The quantitative estimate of drug-likeness (QED) is 0.798. The van der Waals surface area contributed by atoms with E-state index in [0.717, 1.165) is 31.8 Å². The lowest BCUT2D eigenvalue weighted by atomic mass is 9.86. The van der Waals surface area contributed by atoms with Crippen LogP contribution in [0.5, 0.6) is 0 Å². The Hall–Kier alpha value is -0.570. The zero-order valence-corrected chi connectivity index (χ0v) is 11.2. The van der Waals surface area contributed by atoms with Crippen LogP contribution in [-0.4, -0.2) is 37.0 Å².